The lowest BCUT2D eigenvalue weighted by molar-refractivity contribution is 0.286. The number of likely N-dealkylation sites (tertiary alicyclic amines) is 1. The molecule has 0 aromatic carbocycles. The van der Waals surface area contributed by atoms with Gasteiger partial charge in [-0.15, -0.1) is 0 Å². The second-order valence-electron chi connectivity index (χ2n) is 3.92. The highest BCUT2D eigenvalue weighted by atomic mass is 15.2. The molecule has 1 atom stereocenters. The first-order valence-corrected chi connectivity index (χ1v) is 5.32. The highest BCUT2D eigenvalue weighted by Gasteiger charge is 2.23. The van der Waals surface area contributed by atoms with Gasteiger partial charge in [0.05, 0.1) is 12.1 Å². The van der Waals surface area contributed by atoms with E-state index in [0.717, 1.165) is 31.5 Å². The molecule has 0 bridgehead atoms. The molecule has 1 unspecified atom stereocenters. The van der Waals surface area contributed by atoms with Gasteiger partial charge in [-0.25, -0.2) is 4.98 Å². The van der Waals surface area contributed by atoms with Crippen molar-refractivity contribution in [3.63, 3.8) is 0 Å². The number of pyridine rings is 1. The first-order chi connectivity index (χ1) is 7.83. The van der Waals surface area contributed by atoms with E-state index in [-0.39, 0.29) is 6.04 Å². The van der Waals surface area contributed by atoms with Crippen LogP contribution in [0.2, 0.25) is 0 Å². The second kappa shape index (κ2) is 4.74. The Morgan fingerprint density at radius 1 is 1.50 bits per heavy atom. The third kappa shape index (κ3) is 2.18. The van der Waals surface area contributed by atoms with E-state index in [1.807, 2.05) is 12.1 Å². The minimum Gasteiger partial charge on any atom is -0.284 e. The molecule has 2 rings (SSSR count). The van der Waals surface area contributed by atoms with Gasteiger partial charge in [-0.1, -0.05) is 0 Å². The Morgan fingerprint density at radius 3 is 3.12 bits per heavy atom. The van der Waals surface area contributed by atoms with E-state index in [0.29, 0.717) is 5.69 Å². The van der Waals surface area contributed by atoms with Crippen LogP contribution in [0, 0.1) is 22.7 Å². The summed E-state index contributed by atoms with van der Waals surface area (Å²) in [5, 5.41) is 17.7. The average molecular weight is 212 g/mol. The summed E-state index contributed by atoms with van der Waals surface area (Å²) in [6.45, 7) is 1.69. The van der Waals surface area contributed by atoms with Crippen LogP contribution in [0.5, 0.6) is 0 Å². The normalized spacial score (nSPS) is 20.2. The van der Waals surface area contributed by atoms with Crippen LogP contribution in [0.25, 0.3) is 0 Å². The summed E-state index contributed by atoms with van der Waals surface area (Å²) in [5.41, 5.74) is 1.49. The number of hydrogen-bond donors (Lipinski definition) is 0. The fraction of sp³-hybridized carbons (Fsp3) is 0.417. The predicted molar refractivity (Wildman–Crippen MR) is 58.0 cm³/mol. The predicted octanol–water partition coefficient (Wildman–Crippen LogP) is 1.44. The largest absolute Gasteiger partial charge is 0.284 e. The monoisotopic (exact) mass is 212 g/mol. The van der Waals surface area contributed by atoms with Crippen LogP contribution < -0.4 is 0 Å². The molecule has 0 aliphatic carbocycles. The molecule has 0 N–H and O–H groups in total. The summed E-state index contributed by atoms with van der Waals surface area (Å²) in [4.78, 5) is 6.08. The van der Waals surface area contributed by atoms with E-state index in [2.05, 4.69) is 16.0 Å². The van der Waals surface area contributed by atoms with Crippen LogP contribution in [0.3, 0.4) is 0 Å². The second-order valence-corrected chi connectivity index (χ2v) is 3.92. The highest BCUT2D eigenvalue weighted by molar-refractivity contribution is 5.25. The summed E-state index contributed by atoms with van der Waals surface area (Å²) >= 11 is 0. The Labute approximate surface area is 94.7 Å². The number of nitriles is 2. The van der Waals surface area contributed by atoms with Gasteiger partial charge >= 0.3 is 0 Å². The van der Waals surface area contributed by atoms with Gasteiger partial charge in [-0.2, -0.15) is 10.5 Å². The summed E-state index contributed by atoms with van der Waals surface area (Å²) in [5.74, 6) is 0. The van der Waals surface area contributed by atoms with Crippen molar-refractivity contribution in [1.82, 2.24) is 9.88 Å². The molecule has 0 amide bonds. The molecule has 80 valence electrons. The molecule has 0 saturated carbocycles. The van der Waals surface area contributed by atoms with E-state index >= 15 is 0 Å². The lowest BCUT2D eigenvalue weighted by atomic mass is 10.2. The van der Waals surface area contributed by atoms with Gasteiger partial charge in [-0.3, -0.25) is 4.90 Å². The minimum atomic E-state index is 0.0266. The third-order valence-corrected chi connectivity index (χ3v) is 2.84. The molecule has 1 aromatic rings. The van der Waals surface area contributed by atoms with Crippen LogP contribution >= 0.6 is 0 Å². The van der Waals surface area contributed by atoms with Crippen molar-refractivity contribution in [3.05, 3.63) is 29.6 Å². The highest BCUT2D eigenvalue weighted by Crippen LogP contribution is 2.19. The summed E-state index contributed by atoms with van der Waals surface area (Å²) in [6, 6.07) is 8.04. The summed E-state index contributed by atoms with van der Waals surface area (Å²) in [6.07, 6.45) is 3.67. The molecule has 1 fully saturated rings. The average Bonchev–Trinajstić information content (AvgIpc) is 2.76. The molecular weight excluding hydrogens is 200 g/mol. The maximum absolute atomic E-state index is 8.96. The molecule has 1 aliphatic rings. The van der Waals surface area contributed by atoms with Crippen LogP contribution in [-0.2, 0) is 6.54 Å². The Bertz CT molecular complexity index is 455. The molecule has 0 spiro atoms. The fourth-order valence-corrected chi connectivity index (χ4v) is 2.03. The van der Waals surface area contributed by atoms with Crippen LogP contribution in [-0.4, -0.2) is 22.5 Å². The van der Waals surface area contributed by atoms with Crippen molar-refractivity contribution in [2.24, 2.45) is 0 Å². The molecule has 1 aliphatic heterocycles. The van der Waals surface area contributed by atoms with E-state index in [9.17, 15) is 0 Å². The lowest BCUT2D eigenvalue weighted by Gasteiger charge is -2.18. The molecule has 4 heteroatoms. The Morgan fingerprint density at radius 2 is 2.38 bits per heavy atom. The van der Waals surface area contributed by atoms with Gasteiger partial charge < -0.3 is 0 Å². The van der Waals surface area contributed by atoms with Crippen LogP contribution in [0.4, 0.5) is 0 Å². The van der Waals surface area contributed by atoms with Crippen molar-refractivity contribution in [2.75, 3.05) is 6.54 Å². The molecule has 2 heterocycles. The van der Waals surface area contributed by atoms with Crippen molar-refractivity contribution >= 4 is 0 Å². The van der Waals surface area contributed by atoms with Gasteiger partial charge in [0.15, 0.2) is 0 Å². The smallest absolute Gasteiger partial charge is 0.140 e. The van der Waals surface area contributed by atoms with Gasteiger partial charge in [-0.05, 0) is 37.1 Å². The first kappa shape index (κ1) is 10.6. The maximum Gasteiger partial charge on any atom is 0.140 e. The number of nitrogens with zero attached hydrogens (tertiary/aromatic N) is 4. The minimum absolute atomic E-state index is 0.0266. The Kier molecular flexibility index (Phi) is 3.14. The molecule has 16 heavy (non-hydrogen) atoms. The Balaban J connectivity index is 2.09. The molecule has 1 aromatic heterocycles. The topological polar surface area (TPSA) is 63.7 Å². The van der Waals surface area contributed by atoms with Gasteiger partial charge in [0.2, 0.25) is 0 Å². The van der Waals surface area contributed by atoms with Crippen LogP contribution in [0.15, 0.2) is 18.3 Å². The standard InChI is InChI=1S/C12H12N4/c13-7-11-6-10(3-4-15-11)9-16-5-1-2-12(16)8-14/h3-4,6,12H,1-2,5,9H2. The zero-order valence-electron chi connectivity index (χ0n) is 8.93. The molecule has 0 radical (unpaired) electrons. The fourth-order valence-electron chi connectivity index (χ4n) is 2.03. The summed E-state index contributed by atoms with van der Waals surface area (Å²) in [7, 11) is 0. The summed E-state index contributed by atoms with van der Waals surface area (Å²) < 4.78 is 0. The van der Waals surface area contributed by atoms with Crippen molar-refractivity contribution in [3.8, 4) is 12.1 Å². The van der Waals surface area contributed by atoms with E-state index in [4.69, 9.17) is 10.5 Å². The van der Waals surface area contributed by atoms with Crippen LogP contribution in [0.1, 0.15) is 24.1 Å². The third-order valence-electron chi connectivity index (χ3n) is 2.84. The maximum atomic E-state index is 8.96. The molecular formula is C12H12N4. The zero-order valence-corrected chi connectivity index (χ0v) is 8.93. The lowest BCUT2D eigenvalue weighted by Crippen LogP contribution is -2.27. The Hall–Kier alpha value is -1.91. The van der Waals surface area contributed by atoms with Gasteiger partial charge in [0.25, 0.3) is 0 Å². The SMILES string of the molecule is N#Cc1cc(CN2CCCC2C#N)ccn1. The molecule has 1 saturated heterocycles. The number of aromatic nitrogens is 1. The van der Waals surface area contributed by atoms with Crippen molar-refractivity contribution in [2.45, 2.75) is 25.4 Å². The number of rotatable bonds is 2. The van der Waals surface area contributed by atoms with E-state index in [1.165, 1.54) is 0 Å². The number of hydrogen-bond acceptors (Lipinski definition) is 4. The van der Waals surface area contributed by atoms with E-state index in [1.54, 1.807) is 12.3 Å². The van der Waals surface area contributed by atoms with Gasteiger partial charge in [0, 0.05) is 12.7 Å². The first-order valence-electron chi connectivity index (χ1n) is 5.32. The van der Waals surface area contributed by atoms with Crippen molar-refractivity contribution < 1.29 is 0 Å². The zero-order chi connectivity index (χ0) is 11.4. The van der Waals surface area contributed by atoms with E-state index < -0.39 is 0 Å². The quantitative estimate of drug-likeness (QED) is 0.744. The van der Waals surface area contributed by atoms with Gasteiger partial charge in [0.1, 0.15) is 11.8 Å². The molecule has 4 nitrogen and oxygen atoms in total. The van der Waals surface area contributed by atoms with Crippen molar-refractivity contribution in [1.29, 1.82) is 10.5 Å².